The highest BCUT2D eigenvalue weighted by atomic mass is 32.1. The van der Waals surface area contributed by atoms with Gasteiger partial charge in [-0.1, -0.05) is 18.2 Å². The molecule has 1 amide bonds. The van der Waals surface area contributed by atoms with Crippen LogP contribution in [0.3, 0.4) is 0 Å². The number of carbonyl (C=O) groups is 2. The minimum atomic E-state index is -0.377. The van der Waals surface area contributed by atoms with E-state index in [-0.39, 0.29) is 17.0 Å². The Bertz CT molecular complexity index is 818. The number of esters is 1. The van der Waals surface area contributed by atoms with Crippen LogP contribution in [0.25, 0.3) is 0 Å². The first-order valence-electron chi connectivity index (χ1n) is 7.75. The molecule has 1 aromatic carbocycles. The average molecular weight is 375 g/mol. The summed E-state index contributed by atoms with van der Waals surface area (Å²) in [5.41, 5.74) is 7.28. The van der Waals surface area contributed by atoms with Crippen LogP contribution < -0.4 is 16.2 Å². The van der Waals surface area contributed by atoms with Crippen LogP contribution in [0.4, 0.5) is 5.00 Å². The third kappa shape index (κ3) is 3.80. The van der Waals surface area contributed by atoms with Crippen molar-refractivity contribution in [3.8, 4) is 0 Å². The lowest BCUT2D eigenvalue weighted by Gasteiger charge is -2.12. The SMILES string of the molecule is COC(=O)c1c(NC(=S)NNC(=O)c2ccccc2)sc2c1CCC2. The zero-order valence-corrected chi connectivity index (χ0v) is 15.2. The Balaban J connectivity index is 1.65. The maximum atomic E-state index is 12.1. The molecule has 0 atom stereocenters. The molecule has 3 rings (SSSR count). The Kier molecular flexibility index (Phi) is 5.30. The van der Waals surface area contributed by atoms with Gasteiger partial charge in [0.25, 0.3) is 5.91 Å². The van der Waals surface area contributed by atoms with Gasteiger partial charge in [0, 0.05) is 10.4 Å². The normalized spacial score (nSPS) is 12.2. The van der Waals surface area contributed by atoms with E-state index in [9.17, 15) is 9.59 Å². The summed E-state index contributed by atoms with van der Waals surface area (Å²) < 4.78 is 4.89. The molecule has 2 aromatic rings. The van der Waals surface area contributed by atoms with Gasteiger partial charge in [-0.15, -0.1) is 11.3 Å². The molecule has 0 spiro atoms. The molecule has 1 heterocycles. The van der Waals surface area contributed by atoms with Gasteiger partial charge in [0.15, 0.2) is 5.11 Å². The Morgan fingerprint density at radius 2 is 1.92 bits per heavy atom. The van der Waals surface area contributed by atoms with E-state index in [2.05, 4.69) is 16.2 Å². The molecule has 0 aliphatic heterocycles. The van der Waals surface area contributed by atoms with E-state index in [0.29, 0.717) is 16.1 Å². The minimum Gasteiger partial charge on any atom is -0.465 e. The molecule has 0 saturated heterocycles. The van der Waals surface area contributed by atoms with Gasteiger partial charge in [0.05, 0.1) is 12.7 Å². The van der Waals surface area contributed by atoms with Gasteiger partial charge >= 0.3 is 5.97 Å². The molecular formula is C17H17N3O3S2. The fourth-order valence-electron chi connectivity index (χ4n) is 2.72. The second-order valence-electron chi connectivity index (χ2n) is 5.45. The zero-order chi connectivity index (χ0) is 17.8. The van der Waals surface area contributed by atoms with E-state index >= 15 is 0 Å². The van der Waals surface area contributed by atoms with Gasteiger partial charge in [-0.3, -0.25) is 15.6 Å². The van der Waals surface area contributed by atoms with Crippen LogP contribution in [0, 0.1) is 0 Å². The van der Waals surface area contributed by atoms with Gasteiger partial charge in [0.1, 0.15) is 5.00 Å². The molecule has 0 saturated carbocycles. The van der Waals surface area contributed by atoms with Crippen LogP contribution in [0.15, 0.2) is 30.3 Å². The van der Waals surface area contributed by atoms with E-state index < -0.39 is 0 Å². The number of hydrogen-bond acceptors (Lipinski definition) is 5. The van der Waals surface area contributed by atoms with Crippen molar-refractivity contribution < 1.29 is 14.3 Å². The third-order valence-corrected chi connectivity index (χ3v) is 5.27. The molecule has 1 aliphatic carbocycles. The highest BCUT2D eigenvalue weighted by Gasteiger charge is 2.27. The molecule has 0 bridgehead atoms. The Labute approximate surface area is 154 Å². The number of amides is 1. The first-order chi connectivity index (χ1) is 12.1. The standard InChI is InChI=1S/C17H17N3O3S2/c1-23-16(22)13-11-8-5-9-12(11)25-15(13)18-17(24)20-19-14(21)10-6-3-2-4-7-10/h2-4,6-7H,5,8-9H2,1H3,(H,19,21)(H2,18,20,24). The van der Waals surface area contributed by atoms with Crippen LogP contribution in [0.1, 0.15) is 37.6 Å². The molecule has 130 valence electrons. The molecule has 0 fully saturated rings. The summed E-state index contributed by atoms with van der Waals surface area (Å²) in [4.78, 5) is 25.3. The van der Waals surface area contributed by atoms with Crippen molar-refractivity contribution in [2.75, 3.05) is 12.4 Å². The number of carbonyl (C=O) groups excluding carboxylic acids is 2. The van der Waals surface area contributed by atoms with Gasteiger partial charge in [0.2, 0.25) is 0 Å². The number of nitrogens with one attached hydrogen (secondary N) is 3. The van der Waals surface area contributed by atoms with Crippen LogP contribution >= 0.6 is 23.6 Å². The molecule has 0 radical (unpaired) electrons. The van der Waals surface area contributed by atoms with E-state index in [1.807, 2.05) is 6.07 Å². The molecule has 0 unspecified atom stereocenters. The third-order valence-electron chi connectivity index (χ3n) is 3.86. The fraction of sp³-hybridized carbons (Fsp3) is 0.235. The topological polar surface area (TPSA) is 79.5 Å². The Hall–Kier alpha value is -2.45. The van der Waals surface area contributed by atoms with E-state index in [4.69, 9.17) is 17.0 Å². The predicted octanol–water partition coefficient (Wildman–Crippen LogP) is 2.65. The first-order valence-corrected chi connectivity index (χ1v) is 8.98. The Morgan fingerprint density at radius 3 is 2.64 bits per heavy atom. The van der Waals surface area contributed by atoms with Crippen LogP contribution in [0.5, 0.6) is 0 Å². The maximum Gasteiger partial charge on any atom is 0.341 e. The summed E-state index contributed by atoms with van der Waals surface area (Å²) in [6, 6.07) is 8.79. The summed E-state index contributed by atoms with van der Waals surface area (Å²) in [5.74, 6) is -0.676. The number of anilines is 1. The summed E-state index contributed by atoms with van der Waals surface area (Å²) >= 11 is 6.71. The monoisotopic (exact) mass is 375 g/mol. The summed E-state index contributed by atoms with van der Waals surface area (Å²) in [6.45, 7) is 0. The largest absolute Gasteiger partial charge is 0.465 e. The number of benzene rings is 1. The van der Waals surface area contributed by atoms with Crippen molar-refractivity contribution >= 4 is 45.5 Å². The highest BCUT2D eigenvalue weighted by molar-refractivity contribution is 7.80. The molecule has 6 nitrogen and oxygen atoms in total. The zero-order valence-electron chi connectivity index (χ0n) is 13.5. The summed E-state index contributed by atoms with van der Waals surface area (Å²) in [6.07, 6.45) is 2.86. The number of thiocarbonyl (C=S) groups is 1. The molecule has 3 N–H and O–H groups in total. The molecule has 1 aliphatic rings. The Morgan fingerprint density at radius 1 is 1.16 bits per heavy atom. The lowest BCUT2D eigenvalue weighted by Crippen LogP contribution is -2.43. The van der Waals surface area contributed by atoms with Crippen LogP contribution in [-0.4, -0.2) is 24.1 Å². The summed E-state index contributed by atoms with van der Waals surface area (Å²) in [7, 11) is 1.36. The number of hydrazine groups is 1. The van der Waals surface area contributed by atoms with Crippen molar-refractivity contribution in [1.82, 2.24) is 10.9 Å². The number of methoxy groups -OCH3 is 1. The number of fused-ring (bicyclic) bond motifs is 1. The quantitative estimate of drug-likeness (QED) is 0.435. The highest BCUT2D eigenvalue weighted by Crippen LogP contribution is 2.39. The average Bonchev–Trinajstić information content (AvgIpc) is 3.20. The van der Waals surface area contributed by atoms with Gasteiger partial charge < -0.3 is 10.1 Å². The predicted molar refractivity (Wildman–Crippen MR) is 101 cm³/mol. The number of ether oxygens (including phenoxy) is 1. The van der Waals surface area contributed by atoms with Crippen LogP contribution in [-0.2, 0) is 17.6 Å². The number of aryl methyl sites for hydroxylation is 1. The second-order valence-corrected chi connectivity index (χ2v) is 6.97. The molecule has 1 aromatic heterocycles. The van der Waals surface area contributed by atoms with E-state index in [1.54, 1.807) is 24.3 Å². The number of rotatable bonds is 3. The van der Waals surface area contributed by atoms with Crippen molar-refractivity contribution in [3.63, 3.8) is 0 Å². The van der Waals surface area contributed by atoms with Crippen molar-refractivity contribution in [3.05, 3.63) is 51.9 Å². The molecular weight excluding hydrogens is 358 g/mol. The maximum absolute atomic E-state index is 12.1. The number of thiophene rings is 1. The van der Waals surface area contributed by atoms with Crippen LogP contribution in [0.2, 0.25) is 0 Å². The molecule has 8 heteroatoms. The van der Waals surface area contributed by atoms with Crippen molar-refractivity contribution in [1.29, 1.82) is 0 Å². The molecule has 25 heavy (non-hydrogen) atoms. The lowest BCUT2D eigenvalue weighted by atomic mass is 10.1. The second kappa shape index (κ2) is 7.62. The fourth-order valence-corrected chi connectivity index (χ4v) is 4.22. The lowest BCUT2D eigenvalue weighted by molar-refractivity contribution is 0.0601. The minimum absolute atomic E-state index is 0.203. The van der Waals surface area contributed by atoms with E-state index in [0.717, 1.165) is 24.8 Å². The summed E-state index contributed by atoms with van der Waals surface area (Å²) in [5, 5.41) is 3.83. The first kappa shape index (κ1) is 17.4. The van der Waals surface area contributed by atoms with Gasteiger partial charge in [-0.25, -0.2) is 4.79 Å². The van der Waals surface area contributed by atoms with E-state index in [1.165, 1.54) is 23.3 Å². The smallest absolute Gasteiger partial charge is 0.341 e. The number of hydrogen-bond donors (Lipinski definition) is 3. The van der Waals surface area contributed by atoms with Crippen molar-refractivity contribution in [2.45, 2.75) is 19.3 Å². The van der Waals surface area contributed by atoms with Crippen molar-refractivity contribution in [2.24, 2.45) is 0 Å². The van der Waals surface area contributed by atoms with Gasteiger partial charge in [-0.2, -0.15) is 0 Å². The van der Waals surface area contributed by atoms with Gasteiger partial charge in [-0.05, 0) is 49.2 Å².